The van der Waals surface area contributed by atoms with Crippen molar-refractivity contribution in [3.63, 3.8) is 0 Å². The first kappa shape index (κ1) is 11.3. The van der Waals surface area contributed by atoms with Crippen LogP contribution in [0.4, 0.5) is 0 Å². The average Bonchev–Trinajstić information content (AvgIpc) is 3.13. The van der Waals surface area contributed by atoms with Gasteiger partial charge in [-0.15, -0.1) is 0 Å². The maximum Gasteiger partial charge on any atom is 0.123 e. The van der Waals surface area contributed by atoms with E-state index in [-0.39, 0.29) is 5.54 Å². The van der Waals surface area contributed by atoms with Crippen molar-refractivity contribution in [3.05, 3.63) is 41.9 Å². The quantitative estimate of drug-likeness (QED) is 0.898. The molecule has 1 fully saturated rings. The summed E-state index contributed by atoms with van der Waals surface area (Å²) in [6, 6.07) is 3.98. The third kappa shape index (κ3) is 1.74. The Morgan fingerprint density at radius 2 is 2.26 bits per heavy atom. The summed E-state index contributed by atoms with van der Waals surface area (Å²) < 4.78 is 7.76. The van der Waals surface area contributed by atoms with Crippen molar-refractivity contribution < 1.29 is 4.42 Å². The lowest BCUT2D eigenvalue weighted by Gasteiger charge is -2.36. The summed E-state index contributed by atoms with van der Waals surface area (Å²) >= 11 is 0. The van der Waals surface area contributed by atoms with Crippen molar-refractivity contribution in [1.82, 2.24) is 14.9 Å². The van der Waals surface area contributed by atoms with E-state index < -0.39 is 0 Å². The maximum atomic E-state index is 5.48. The second-order valence-electron chi connectivity index (χ2n) is 5.71. The molecule has 2 aromatic heterocycles. The molecule has 2 aliphatic rings. The first-order valence-electron chi connectivity index (χ1n) is 7.19. The molecule has 0 saturated heterocycles. The Balaban J connectivity index is 1.75. The van der Waals surface area contributed by atoms with Crippen LogP contribution in [-0.2, 0) is 18.5 Å². The molecule has 2 aromatic rings. The molecule has 19 heavy (non-hydrogen) atoms. The lowest BCUT2D eigenvalue weighted by Crippen LogP contribution is -2.46. The highest BCUT2D eigenvalue weighted by Gasteiger charge is 2.41. The summed E-state index contributed by atoms with van der Waals surface area (Å²) in [7, 11) is 0. The molecular weight excluding hydrogens is 238 g/mol. The number of hydrogen-bond acceptors (Lipinski definition) is 3. The normalized spacial score (nSPS) is 20.8. The van der Waals surface area contributed by atoms with Crippen molar-refractivity contribution in [2.75, 3.05) is 6.54 Å². The van der Waals surface area contributed by atoms with Crippen molar-refractivity contribution in [1.29, 1.82) is 0 Å². The summed E-state index contributed by atoms with van der Waals surface area (Å²) in [5, 5.41) is 3.77. The molecule has 0 atom stereocenters. The van der Waals surface area contributed by atoms with Crippen LogP contribution >= 0.6 is 0 Å². The second-order valence-corrected chi connectivity index (χ2v) is 5.71. The maximum absolute atomic E-state index is 5.48. The molecule has 0 unspecified atom stereocenters. The number of nitrogens with zero attached hydrogens (tertiary/aromatic N) is 2. The summed E-state index contributed by atoms with van der Waals surface area (Å²) in [6.45, 7) is 1.85. The zero-order valence-electron chi connectivity index (χ0n) is 11.1. The standard InChI is InChI=1S/C15H19N3O/c1-2-7-15(6-1)14-13(5-8-17-15)16-11-18(14)10-12-4-3-9-19-12/h3-4,9,11,17H,1-2,5-8,10H2. The SMILES string of the molecule is c1coc(Cn2cnc3c2C2(CCCC2)NCC3)c1. The zero-order chi connectivity index (χ0) is 12.7. The van der Waals surface area contributed by atoms with Gasteiger partial charge < -0.3 is 14.3 Å². The fraction of sp³-hybridized carbons (Fsp3) is 0.533. The van der Waals surface area contributed by atoms with Crippen LogP contribution < -0.4 is 5.32 Å². The molecule has 0 bridgehead atoms. The minimum atomic E-state index is 0.177. The number of nitrogens with one attached hydrogen (secondary N) is 1. The molecule has 0 amide bonds. The summed E-state index contributed by atoms with van der Waals surface area (Å²) in [4.78, 5) is 4.64. The monoisotopic (exact) mass is 257 g/mol. The smallest absolute Gasteiger partial charge is 0.123 e. The summed E-state index contributed by atoms with van der Waals surface area (Å²) in [5.41, 5.74) is 2.87. The molecule has 4 rings (SSSR count). The van der Waals surface area contributed by atoms with E-state index >= 15 is 0 Å². The molecule has 4 nitrogen and oxygen atoms in total. The van der Waals surface area contributed by atoms with E-state index in [2.05, 4.69) is 14.9 Å². The molecule has 3 heterocycles. The lowest BCUT2D eigenvalue weighted by atomic mass is 9.87. The molecule has 1 N–H and O–H groups in total. The summed E-state index contributed by atoms with van der Waals surface area (Å²) in [5.74, 6) is 0.999. The molecule has 1 aliphatic carbocycles. The van der Waals surface area contributed by atoms with Gasteiger partial charge in [0.25, 0.3) is 0 Å². The van der Waals surface area contributed by atoms with Gasteiger partial charge in [-0.3, -0.25) is 0 Å². The molecular formula is C15H19N3O. The minimum absolute atomic E-state index is 0.177. The Kier molecular flexibility index (Phi) is 2.52. The Morgan fingerprint density at radius 1 is 1.37 bits per heavy atom. The number of furan rings is 1. The van der Waals surface area contributed by atoms with E-state index in [0.717, 1.165) is 25.3 Å². The molecule has 1 spiro atoms. The first-order chi connectivity index (χ1) is 9.37. The van der Waals surface area contributed by atoms with Gasteiger partial charge in [-0.1, -0.05) is 12.8 Å². The third-order valence-corrected chi connectivity index (χ3v) is 4.56. The second kappa shape index (κ2) is 4.23. The molecule has 1 saturated carbocycles. The molecule has 4 heteroatoms. The highest BCUT2D eigenvalue weighted by atomic mass is 16.3. The van der Waals surface area contributed by atoms with Crippen molar-refractivity contribution >= 4 is 0 Å². The lowest BCUT2D eigenvalue weighted by molar-refractivity contribution is 0.301. The largest absolute Gasteiger partial charge is 0.467 e. The van der Waals surface area contributed by atoms with Gasteiger partial charge >= 0.3 is 0 Å². The Bertz CT molecular complexity index is 564. The van der Waals surface area contributed by atoms with Gasteiger partial charge in [-0.25, -0.2) is 4.98 Å². The van der Waals surface area contributed by atoms with Crippen LogP contribution in [0.3, 0.4) is 0 Å². The molecule has 100 valence electrons. The van der Waals surface area contributed by atoms with Gasteiger partial charge in [0.15, 0.2) is 0 Å². The van der Waals surface area contributed by atoms with Crippen LogP contribution in [0.2, 0.25) is 0 Å². The van der Waals surface area contributed by atoms with Crippen LogP contribution in [0, 0.1) is 0 Å². The van der Waals surface area contributed by atoms with Gasteiger partial charge in [0.1, 0.15) is 5.76 Å². The van der Waals surface area contributed by atoms with Gasteiger partial charge in [-0.2, -0.15) is 0 Å². The van der Waals surface area contributed by atoms with E-state index in [1.807, 2.05) is 18.5 Å². The predicted octanol–water partition coefficient (Wildman–Crippen LogP) is 2.44. The van der Waals surface area contributed by atoms with Crippen LogP contribution in [0.15, 0.2) is 29.1 Å². The zero-order valence-corrected chi connectivity index (χ0v) is 11.1. The number of aromatic nitrogens is 2. The number of rotatable bonds is 2. The van der Waals surface area contributed by atoms with E-state index in [4.69, 9.17) is 4.42 Å². The fourth-order valence-corrected chi connectivity index (χ4v) is 3.74. The van der Waals surface area contributed by atoms with E-state index in [9.17, 15) is 0 Å². The van der Waals surface area contributed by atoms with E-state index in [1.54, 1.807) is 6.26 Å². The van der Waals surface area contributed by atoms with Crippen molar-refractivity contribution in [2.45, 2.75) is 44.2 Å². The summed E-state index contributed by atoms with van der Waals surface area (Å²) in [6.07, 6.45) is 9.88. The van der Waals surface area contributed by atoms with Crippen molar-refractivity contribution in [3.8, 4) is 0 Å². The van der Waals surface area contributed by atoms with E-state index in [1.165, 1.54) is 37.1 Å². The van der Waals surface area contributed by atoms with Gasteiger partial charge in [0, 0.05) is 13.0 Å². The number of fused-ring (bicyclic) bond motifs is 2. The van der Waals surface area contributed by atoms with Crippen LogP contribution in [0.5, 0.6) is 0 Å². The Hall–Kier alpha value is -1.55. The topological polar surface area (TPSA) is 43.0 Å². The highest BCUT2D eigenvalue weighted by Crippen LogP contribution is 2.42. The number of hydrogen-bond donors (Lipinski definition) is 1. The Labute approximate surface area is 112 Å². The van der Waals surface area contributed by atoms with Gasteiger partial charge in [0.05, 0.1) is 36.1 Å². The van der Waals surface area contributed by atoms with Crippen molar-refractivity contribution in [2.24, 2.45) is 0 Å². The molecule has 1 aliphatic heterocycles. The molecule has 0 aromatic carbocycles. The fourth-order valence-electron chi connectivity index (χ4n) is 3.74. The molecule has 0 radical (unpaired) electrons. The highest BCUT2D eigenvalue weighted by molar-refractivity contribution is 5.28. The van der Waals surface area contributed by atoms with Crippen LogP contribution in [0.25, 0.3) is 0 Å². The number of imidazole rings is 1. The Morgan fingerprint density at radius 3 is 3.05 bits per heavy atom. The first-order valence-corrected chi connectivity index (χ1v) is 7.19. The van der Waals surface area contributed by atoms with Gasteiger partial charge in [-0.05, 0) is 25.0 Å². The predicted molar refractivity (Wildman–Crippen MR) is 71.9 cm³/mol. The average molecular weight is 257 g/mol. The minimum Gasteiger partial charge on any atom is -0.467 e. The third-order valence-electron chi connectivity index (χ3n) is 4.56. The van der Waals surface area contributed by atoms with Gasteiger partial charge in [0.2, 0.25) is 0 Å². The van der Waals surface area contributed by atoms with Crippen LogP contribution in [-0.4, -0.2) is 16.1 Å². The van der Waals surface area contributed by atoms with Crippen LogP contribution in [0.1, 0.15) is 42.8 Å². The van der Waals surface area contributed by atoms with E-state index in [0.29, 0.717) is 0 Å².